The van der Waals surface area contributed by atoms with Gasteiger partial charge in [0, 0.05) is 25.4 Å². The van der Waals surface area contributed by atoms with E-state index in [9.17, 15) is 4.79 Å². The van der Waals surface area contributed by atoms with Crippen molar-refractivity contribution in [2.45, 2.75) is 32.3 Å². The molecule has 1 amide bonds. The molecule has 1 aromatic rings. The smallest absolute Gasteiger partial charge is 0.270 e. The first kappa shape index (κ1) is 17.6. The molecule has 0 spiro atoms. The van der Waals surface area contributed by atoms with Gasteiger partial charge in [0.25, 0.3) is 5.91 Å². The molecule has 23 heavy (non-hydrogen) atoms. The van der Waals surface area contributed by atoms with Crippen molar-refractivity contribution in [1.29, 1.82) is 0 Å². The van der Waals surface area contributed by atoms with Gasteiger partial charge in [-0.1, -0.05) is 0 Å². The van der Waals surface area contributed by atoms with Gasteiger partial charge in [-0.3, -0.25) is 4.79 Å². The first-order valence-electron chi connectivity index (χ1n) is 8.18. The van der Waals surface area contributed by atoms with Gasteiger partial charge >= 0.3 is 0 Å². The zero-order valence-corrected chi connectivity index (χ0v) is 14.3. The lowest BCUT2D eigenvalue weighted by Crippen LogP contribution is -2.32. The van der Waals surface area contributed by atoms with Gasteiger partial charge in [-0.25, -0.2) is 9.97 Å². The Balaban J connectivity index is 1.86. The van der Waals surface area contributed by atoms with Crippen molar-refractivity contribution in [3.63, 3.8) is 0 Å². The lowest BCUT2D eigenvalue weighted by Gasteiger charge is -2.12. The molecule has 1 aliphatic heterocycles. The average Bonchev–Trinajstić information content (AvgIpc) is 3.02. The zero-order valence-electron chi connectivity index (χ0n) is 14.3. The van der Waals surface area contributed by atoms with Gasteiger partial charge in [0.05, 0.1) is 6.10 Å². The number of ether oxygens (including phenoxy) is 1. The first-order chi connectivity index (χ1) is 11.0. The highest BCUT2D eigenvalue weighted by Gasteiger charge is 2.17. The molecule has 1 saturated heterocycles. The molecule has 1 fully saturated rings. The molecule has 0 radical (unpaired) electrons. The molecule has 128 valence electrons. The molecule has 0 bridgehead atoms. The Bertz CT molecular complexity index is 515. The van der Waals surface area contributed by atoms with Crippen molar-refractivity contribution in [1.82, 2.24) is 20.2 Å². The number of rotatable bonds is 8. The highest BCUT2D eigenvalue weighted by molar-refractivity contribution is 5.92. The summed E-state index contributed by atoms with van der Waals surface area (Å²) >= 11 is 0. The predicted octanol–water partition coefficient (Wildman–Crippen LogP) is 1.06. The van der Waals surface area contributed by atoms with E-state index in [1.807, 2.05) is 21.0 Å². The number of amides is 1. The second kappa shape index (κ2) is 8.79. The molecule has 2 rings (SSSR count). The number of aryl methyl sites for hydroxylation is 1. The third kappa shape index (κ3) is 6.11. The number of hydrogen-bond acceptors (Lipinski definition) is 6. The fourth-order valence-corrected chi connectivity index (χ4v) is 2.46. The van der Waals surface area contributed by atoms with E-state index >= 15 is 0 Å². The van der Waals surface area contributed by atoms with Crippen molar-refractivity contribution in [3.05, 3.63) is 17.5 Å². The maximum Gasteiger partial charge on any atom is 0.270 e. The fourth-order valence-electron chi connectivity index (χ4n) is 2.46. The number of aromatic nitrogens is 2. The third-order valence-electron chi connectivity index (χ3n) is 3.67. The Kier molecular flexibility index (Phi) is 6.73. The number of hydrogen-bond donors (Lipinski definition) is 2. The van der Waals surface area contributed by atoms with E-state index < -0.39 is 0 Å². The minimum absolute atomic E-state index is 0.130. The number of carbonyl (C=O) groups excluding carboxylic acids is 1. The summed E-state index contributed by atoms with van der Waals surface area (Å²) in [5.41, 5.74) is 1.17. The summed E-state index contributed by atoms with van der Waals surface area (Å²) in [6, 6.07) is 1.70. The maximum absolute atomic E-state index is 12.2. The lowest BCUT2D eigenvalue weighted by molar-refractivity contribution is 0.0853. The van der Waals surface area contributed by atoms with Crippen molar-refractivity contribution in [2.75, 3.05) is 45.7 Å². The molecule has 0 saturated carbocycles. The largest absolute Gasteiger partial charge is 0.376 e. The highest BCUT2D eigenvalue weighted by atomic mass is 16.5. The Morgan fingerprint density at radius 1 is 1.43 bits per heavy atom. The quantitative estimate of drug-likeness (QED) is 0.697. The van der Waals surface area contributed by atoms with Crippen LogP contribution in [0.3, 0.4) is 0 Å². The topological polar surface area (TPSA) is 79.4 Å². The second-order valence-electron chi connectivity index (χ2n) is 6.15. The first-order valence-corrected chi connectivity index (χ1v) is 8.18. The van der Waals surface area contributed by atoms with E-state index in [2.05, 4.69) is 25.5 Å². The Morgan fingerprint density at radius 3 is 2.96 bits per heavy atom. The van der Waals surface area contributed by atoms with Gasteiger partial charge in [0.1, 0.15) is 5.69 Å². The van der Waals surface area contributed by atoms with E-state index in [0.717, 1.165) is 44.7 Å². The molecule has 1 aliphatic rings. The van der Waals surface area contributed by atoms with Crippen LogP contribution in [0.4, 0.5) is 5.95 Å². The summed E-state index contributed by atoms with van der Waals surface area (Å²) in [7, 11) is 4.08. The minimum atomic E-state index is -0.178. The highest BCUT2D eigenvalue weighted by Crippen LogP contribution is 2.11. The second-order valence-corrected chi connectivity index (χ2v) is 6.15. The molecule has 0 aromatic carbocycles. The summed E-state index contributed by atoms with van der Waals surface area (Å²) in [5, 5.41) is 6.07. The minimum Gasteiger partial charge on any atom is -0.376 e. The average molecular weight is 321 g/mol. The molecular formula is C16H27N5O2. The van der Waals surface area contributed by atoms with Crippen molar-refractivity contribution in [3.8, 4) is 0 Å². The molecule has 0 aliphatic carbocycles. The Morgan fingerprint density at radius 2 is 2.26 bits per heavy atom. The zero-order chi connectivity index (χ0) is 16.7. The van der Waals surface area contributed by atoms with E-state index in [0.29, 0.717) is 18.2 Å². The SMILES string of the molecule is Cc1cc(C(=O)NCC2CCCO2)nc(NCCCN(C)C)n1. The summed E-state index contributed by atoms with van der Waals surface area (Å²) in [5.74, 6) is 0.327. The monoisotopic (exact) mass is 321 g/mol. The molecule has 1 atom stereocenters. The van der Waals surface area contributed by atoms with Gasteiger partial charge in [-0.05, 0) is 52.9 Å². The van der Waals surface area contributed by atoms with Crippen LogP contribution in [0.2, 0.25) is 0 Å². The van der Waals surface area contributed by atoms with Gasteiger partial charge in [-0.2, -0.15) is 0 Å². The summed E-state index contributed by atoms with van der Waals surface area (Å²) in [6.45, 7) is 4.96. The van der Waals surface area contributed by atoms with Crippen LogP contribution in [0.25, 0.3) is 0 Å². The molecule has 7 nitrogen and oxygen atoms in total. The summed E-state index contributed by atoms with van der Waals surface area (Å²) in [4.78, 5) is 23.0. The van der Waals surface area contributed by atoms with Crippen molar-refractivity contribution < 1.29 is 9.53 Å². The lowest BCUT2D eigenvalue weighted by atomic mass is 10.2. The molecule has 2 N–H and O–H groups in total. The third-order valence-corrected chi connectivity index (χ3v) is 3.67. The van der Waals surface area contributed by atoms with Gasteiger partial charge in [0.15, 0.2) is 0 Å². The van der Waals surface area contributed by atoms with E-state index in [-0.39, 0.29) is 12.0 Å². The van der Waals surface area contributed by atoms with Crippen LogP contribution in [-0.4, -0.2) is 67.2 Å². The Hall–Kier alpha value is -1.73. The summed E-state index contributed by atoms with van der Waals surface area (Å²) < 4.78 is 5.51. The number of nitrogens with one attached hydrogen (secondary N) is 2. The van der Waals surface area contributed by atoms with E-state index in [4.69, 9.17) is 4.74 Å². The van der Waals surface area contributed by atoms with E-state index in [1.165, 1.54) is 0 Å². The van der Waals surface area contributed by atoms with Crippen LogP contribution in [-0.2, 0) is 4.74 Å². The fraction of sp³-hybridized carbons (Fsp3) is 0.688. The number of carbonyl (C=O) groups is 1. The van der Waals surface area contributed by atoms with Crippen molar-refractivity contribution in [2.24, 2.45) is 0 Å². The van der Waals surface area contributed by atoms with Crippen LogP contribution in [0.15, 0.2) is 6.07 Å². The van der Waals surface area contributed by atoms with Crippen LogP contribution in [0.1, 0.15) is 35.4 Å². The van der Waals surface area contributed by atoms with Gasteiger partial charge in [0.2, 0.25) is 5.95 Å². The van der Waals surface area contributed by atoms with Gasteiger partial charge in [-0.15, -0.1) is 0 Å². The normalized spacial score (nSPS) is 17.5. The van der Waals surface area contributed by atoms with E-state index in [1.54, 1.807) is 6.07 Å². The van der Waals surface area contributed by atoms with Crippen LogP contribution in [0, 0.1) is 6.92 Å². The van der Waals surface area contributed by atoms with Crippen LogP contribution < -0.4 is 10.6 Å². The van der Waals surface area contributed by atoms with Crippen molar-refractivity contribution >= 4 is 11.9 Å². The Labute approximate surface area is 137 Å². The standard InChI is InChI=1S/C16H27N5O2/c1-12-10-14(15(22)18-11-13-6-4-9-23-13)20-16(19-12)17-7-5-8-21(2)3/h10,13H,4-9,11H2,1-3H3,(H,18,22)(H,17,19,20). The molecule has 1 unspecified atom stereocenters. The molecule has 7 heteroatoms. The number of anilines is 1. The number of nitrogens with zero attached hydrogens (tertiary/aromatic N) is 3. The van der Waals surface area contributed by atoms with Gasteiger partial charge < -0.3 is 20.3 Å². The van der Waals surface area contributed by atoms with Crippen LogP contribution in [0.5, 0.6) is 0 Å². The molecular weight excluding hydrogens is 294 g/mol. The summed E-state index contributed by atoms with van der Waals surface area (Å²) in [6.07, 6.45) is 3.19. The predicted molar refractivity (Wildman–Crippen MR) is 89.7 cm³/mol. The molecule has 2 heterocycles. The maximum atomic E-state index is 12.2. The van der Waals surface area contributed by atoms with Crippen LogP contribution >= 0.6 is 0 Å². The molecule has 1 aromatic heterocycles.